The summed E-state index contributed by atoms with van der Waals surface area (Å²) in [4.78, 5) is 0. The second-order valence-electron chi connectivity index (χ2n) is 5.59. The summed E-state index contributed by atoms with van der Waals surface area (Å²) < 4.78 is 1.57. The van der Waals surface area contributed by atoms with E-state index < -0.39 is 0 Å². The molecule has 1 aromatic carbocycles. The third-order valence-corrected chi connectivity index (χ3v) is 4.05. The molecule has 0 bridgehead atoms. The Bertz CT molecular complexity index is 840. The van der Waals surface area contributed by atoms with Crippen LogP contribution in [0.2, 0.25) is 0 Å². The van der Waals surface area contributed by atoms with Gasteiger partial charge < -0.3 is 31.2 Å². The van der Waals surface area contributed by atoms with E-state index in [1.807, 2.05) is 30.3 Å². The molecule has 0 aliphatic rings. The molecule has 6 nitrogen and oxygen atoms in total. The first-order valence-electron chi connectivity index (χ1n) is 8.00. The number of hydrogen-bond donors (Lipinski definition) is 5. The molecule has 0 saturated heterocycles. The topological polar surface area (TPSA) is 107 Å². The Balaban J connectivity index is 2.34. The Morgan fingerprint density at radius 1 is 1.28 bits per heavy atom. The standard InChI is InChI=1S/C19H24N4O2/c1-14-17(7-9-23(14)13-25)19(21)16(11-20)12-22-18(8-10-24)15-5-3-2-4-6-15/h2-7,9,11-12,18,20,22,24-25H,1,8,10,13,21H2/b16-12+,19-17-,20-11?. The number of aromatic nitrogens is 1. The zero-order valence-corrected chi connectivity index (χ0v) is 14.0. The number of nitrogens with zero attached hydrogens (tertiary/aromatic N) is 1. The molecular formula is C19H24N4O2. The molecule has 132 valence electrons. The fourth-order valence-electron chi connectivity index (χ4n) is 2.59. The molecule has 0 aliphatic carbocycles. The Morgan fingerprint density at radius 2 is 2.00 bits per heavy atom. The van der Waals surface area contributed by atoms with E-state index in [1.165, 1.54) is 6.21 Å². The van der Waals surface area contributed by atoms with E-state index in [4.69, 9.17) is 11.1 Å². The minimum atomic E-state index is -0.180. The van der Waals surface area contributed by atoms with Gasteiger partial charge in [-0.1, -0.05) is 36.9 Å². The van der Waals surface area contributed by atoms with Crippen LogP contribution < -0.4 is 21.6 Å². The molecule has 6 N–H and O–H groups in total. The summed E-state index contributed by atoms with van der Waals surface area (Å²) in [5, 5.41) is 30.7. The zero-order valence-electron chi connectivity index (χ0n) is 14.0. The Labute approximate surface area is 146 Å². The minimum absolute atomic E-state index is 0.0436. The lowest BCUT2D eigenvalue weighted by Gasteiger charge is -2.17. The maximum absolute atomic E-state index is 9.30. The number of aliphatic hydroxyl groups is 2. The van der Waals surface area contributed by atoms with Crippen LogP contribution in [0.4, 0.5) is 0 Å². The van der Waals surface area contributed by atoms with E-state index in [0.717, 1.165) is 5.56 Å². The number of hydrogen-bond acceptors (Lipinski definition) is 5. The van der Waals surface area contributed by atoms with Gasteiger partial charge in [-0.25, -0.2) is 0 Å². The predicted octanol–water partition coefficient (Wildman–Crippen LogP) is 0.162. The Morgan fingerprint density at radius 3 is 2.56 bits per heavy atom. The van der Waals surface area contributed by atoms with Gasteiger partial charge in [0.1, 0.15) is 6.73 Å². The molecule has 1 heterocycles. The lowest BCUT2D eigenvalue weighted by molar-refractivity contribution is 0.208. The Kier molecular flexibility index (Phi) is 6.56. The molecule has 6 heteroatoms. The number of benzene rings is 1. The van der Waals surface area contributed by atoms with Gasteiger partial charge in [-0.15, -0.1) is 0 Å². The van der Waals surface area contributed by atoms with Crippen LogP contribution in [0.5, 0.6) is 0 Å². The van der Waals surface area contributed by atoms with Crippen LogP contribution in [0.1, 0.15) is 18.0 Å². The smallest absolute Gasteiger partial charge is 0.119 e. The monoisotopic (exact) mass is 340 g/mol. The molecule has 1 aromatic heterocycles. The molecule has 0 fully saturated rings. The van der Waals surface area contributed by atoms with Crippen molar-refractivity contribution < 1.29 is 10.2 Å². The third-order valence-electron chi connectivity index (χ3n) is 4.05. The molecule has 0 amide bonds. The molecule has 1 atom stereocenters. The second kappa shape index (κ2) is 8.86. The van der Waals surface area contributed by atoms with Gasteiger partial charge in [0.05, 0.1) is 11.7 Å². The van der Waals surface area contributed by atoms with E-state index in [1.54, 1.807) is 23.0 Å². The van der Waals surface area contributed by atoms with Gasteiger partial charge in [0.2, 0.25) is 0 Å². The average Bonchev–Trinajstić information content (AvgIpc) is 3.02. The van der Waals surface area contributed by atoms with Crippen LogP contribution in [0.3, 0.4) is 0 Å². The third kappa shape index (κ3) is 4.37. The first kappa shape index (κ1) is 18.5. The molecule has 0 spiro atoms. The van der Waals surface area contributed by atoms with Crippen molar-refractivity contribution in [2.45, 2.75) is 19.2 Å². The van der Waals surface area contributed by atoms with Gasteiger partial charge >= 0.3 is 0 Å². The highest BCUT2D eigenvalue weighted by Gasteiger charge is 2.09. The van der Waals surface area contributed by atoms with Gasteiger partial charge in [0.15, 0.2) is 0 Å². The van der Waals surface area contributed by atoms with Crippen LogP contribution in [0, 0.1) is 5.41 Å². The van der Waals surface area contributed by atoms with Crippen molar-refractivity contribution in [3.05, 3.63) is 70.5 Å². The van der Waals surface area contributed by atoms with Crippen molar-refractivity contribution in [2.75, 3.05) is 6.61 Å². The predicted molar refractivity (Wildman–Crippen MR) is 99.9 cm³/mol. The molecule has 0 radical (unpaired) electrons. The number of rotatable bonds is 8. The van der Waals surface area contributed by atoms with Crippen molar-refractivity contribution in [3.63, 3.8) is 0 Å². The van der Waals surface area contributed by atoms with E-state index in [2.05, 4.69) is 11.9 Å². The lowest BCUT2D eigenvalue weighted by atomic mass is 10.0. The van der Waals surface area contributed by atoms with E-state index >= 15 is 0 Å². The molecule has 25 heavy (non-hydrogen) atoms. The highest BCUT2D eigenvalue weighted by molar-refractivity contribution is 5.92. The van der Waals surface area contributed by atoms with Gasteiger partial charge in [0, 0.05) is 41.4 Å². The molecule has 0 aliphatic heterocycles. The fourth-order valence-corrected chi connectivity index (χ4v) is 2.59. The molecule has 1 unspecified atom stereocenters. The normalized spacial score (nSPS) is 14.1. The quantitative estimate of drug-likeness (QED) is 0.441. The number of nitrogens with one attached hydrogen (secondary N) is 2. The minimum Gasteiger partial charge on any atom is -0.398 e. The van der Waals surface area contributed by atoms with Crippen LogP contribution in [-0.4, -0.2) is 27.6 Å². The van der Waals surface area contributed by atoms with Crippen molar-refractivity contribution >= 4 is 18.5 Å². The largest absolute Gasteiger partial charge is 0.398 e. The Hall–Kier alpha value is -2.83. The summed E-state index contributed by atoms with van der Waals surface area (Å²) in [5.74, 6) is 0. The van der Waals surface area contributed by atoms with E-state index in [9.17, 15) is 10.2 Å². The summed E-state index contributed by atoms with van der Waals surface area (Å²) in [5.41, 5.74) is 8.13. The van der Waals surface area contributed by atoms with Crippen LogP contribution in [0.15, 0.2) is 54.4 Å². The highest BCUT2D eigenvalue weighted by atomic mass is 16.3. The summed E-state index contributed by atoms with van der Waals surface area (Å²) in [6.07, 6.45) is 5.07. The average molecular weight is 340 g/mol. The van der Waals surface area contributed by atoms with E-state index in [0.29, 0.717) is 28.3 Å². The SMILES string of the molecule is C=c1/c(=C(N)/C(C=N)=C/NC(CCO)c2ccccc2)ccn1CO. The summed E-state index contributed by atoms with van der Waals surface area (Å²) in [6.45, 7) is 3.77. The maximum Gasteiger partial charge on any atom is 0.119 e. The number of nitrogens with two attached hydrogens (primary N) is 1. The lowest BCUT2D eigenvalue weighted by Crippen LogP contribution is -2.32. The van der Waals surface area contributed by atoms with Gasteiger partial charge in [-0.2, -0.15) is 0 Å². The second-order valence-corrected chi connectivity index (χ2v) is 5.59. The first-order chi connectivity index (χ1) is 12.1. The van der Waals surface area contributed by atoms with Gasteiger partial charge in [-0.3, -0.25) is 0 Å². The van der Waals surface area contributed by atoms with Crippen molar-refractivity contribution in [1.29, 1.82) is 5.41 Å². The number of aliphatic hydroxyl groups excluding tert-OH is 2. The first-order valence-corrected chi connectivity index (χ1v) is 8.00. The van der Waals surface area contributed by atoms with Crippen molar-refractivity contribution in [2.24, 2.45) is 5.73 Å². The van der Waals surface area contributed by atoms with Crippen LogP contribution in [0.25, 0.3) is 12.3 Å². The molecule has 2 aromatic rings. The summed E-state index contributed by atoms with van der Waals surface area (Å²) >= 11 is 0. The van der Waals surface area contributed by atoms with Crippen molar-refractivity contribution in [1.82, 2.24) is 9.88 Å². The van der Waals surface area contributed by atoms with Gasteiger partial charge in [0.25, 0.3) is 0 Å². The molecule has 2 rings (SSSR count). The summed E-state index contributed by atoms with van der Waals surface area (Å²) in [6, 6.07) is 11.4. The summed E-state index contributed by atoms with van der Waals surface area (Å²) in [7, 11) is 0. The van der Waals surface area contributed by atoms with Crippen molar-refractivity contribution in [3.8, 4) is 0 Å². The molecule has 0 saturated carbocycles. The van der Waals surface area contributed by atoms with Crippen LogP contribution >= 0.6 is 0 Å². The van der Waals surface area contributed by atoms with Gasteiger partial charge in [-0.05, 0) is 18.1 Å². The van der Waals surface area contributed by atoms with Crippen LogP contribution in [-0.2, 0) is 6.73 Å². The highest BCUT2D eigenvalue weighted by Crippen LogP contribution is 2.16. The van der Waals surface area contributed by atoms with E-state index in [-0.39, 0.29) is 19.4 Å². The fraction of sp³-hybridized carbons (Fsp3) is 0.211. The zero-order chi connectivity index (χ0) is 18.2. The molecular weight excluding hydrogens is 316 g/mol. The maximum atomic E-state index is 9.30.